The second-order valence-corrected chi connectivity index (χ2v) is 6.84. The average molecular weight is 645 g/mol. The highest BCUT2D eigenvalue weighted by Crippen LogP contribution is 2.19. The highest BCUT2D eigenvalue weighted by molar-refractivity contribution is 5.86. The summed E-state index contributed by atoms with van der Waals surface area (Å²) < 4.78 is 0. The van der Waals surface area contributed by atoms with Gasteiger partial charge in [0, 0.05) is 57.2 Å². The molecule has 2 aromatic rings. The first-order valence-electron chi connectivity index (χ1n) is 9.38. The summed E-state index contributed by atoms with van der Waals surface area (Å²) in [5, 5.41) is 8.77. The van der Waals surface area contributed by atoms with Gasteiger partial charge in [-0.3, -0.25) is 14.7 Å². The van der Waals surface area contributed by atoms with Crippen molar-refractivity contribution in [2.45, 2.75) is 32.2 Å². The molecule has 0 aliphatic carbocycles. The van der Waals surface area contributed by atoms with Crippen molar-refractivity contribution in [3.8, 4) is 0 Å². The third kappa shape index (κ3) is 15.8. The van der Waals surface area contributed by atoms with Crippen LogP contribution in [0.5, 0.6) is 0 Å². The van der Waals surface area contributed by atoms with Crippen molar-refractivity contribution in [3.63, 3.8) is 0 Å². The van der Waals surface area contributed by atoms with E-state index in [9.17, 15) is 4.79 Å². The van der Waals surface area contributed by atoms with Gasteiger partial charge in [0.25, 0.3) is 0 Å². The zero-order valence-electron chi connectivity index (χ0n) is 18.4. The Kier molecular flexibility index (Phi) is 36.1. The highest BCUT2D eigenvalue weighted by atomic mass is 35.5. The predicted molar refractivity (Wildman–Crippen MR) is 161 cm³/mol. The summed E-state index contributed by atoms with van der Waals surface area (Å²) in [5.74, 6) is -0.703. The van der Waals surface area contributed by atoms with Crippen LogP contribution in [0.15, 0.2) is 48.8 Å². The number of aromatic nitrogens is 1. The fourth-order valence-corrected chi connectivity index (χ4v) is 3.51. The van der Waals surface area contributed by atoms with Crippen LogP contribution in [0.3, 0.4) is 0 Å². The molecule has 34 heavy (non-hydrogen) atoms. The molecule has 1 aliphatic rings. The molecule has 202 valence electrons. The zero-order chi connectivity index (χ0) is 18.2. The average Bonchev–Trinajstić information content (AvgIpc) is 2.67. The highest BCUT2D eigenvalue weighted by Gasteiger charge is 2.18. The van der Waals surface area contributed by atoms with Gasteiger partial charge in [0.1, 0.15) is 0 Å². The number of unbranched alkanes of at least 4 members (excludes halogenated alkanes) is 1. The number of carboxylic acid groups (broad SMARTS) is 1. The van der Waals surface area contributed by atoms with E-state index in [0.717, 1.165) is 52.0 Å². The number of aliphatic carboxylic acids is 1. The van der Waals surface area contributed by atoms with Crippen molar-refractivity contribution in [2.24, 2.45) is 0 Å². The van der Waals surface area contributed by atoms with Crippen molar-refractivity contribution in [1.82, 2.24) is 9.88 Å². The van der Waals surface area contributed by atoms with Gasteiger partial charge in [-0.2, -0.15) is 0 Å². The molecule has 0 radical (unpaired) electrons. The van der Waals surface area contributed by atoms with Gasteiger partial charge in [-0.25, -0.2) is 0 Å². The number of rotatable bonds is 8. The molecule has 0 atom stereocenters. The number of hydrogen-bond acceptors (Lipinski definition) is 4. The van der Waals surface area contributed by atoms with Crippen molar-refractivity contribution < 1.29 is 9.90 Å². The van der Waals surface area contributed by atoms with Gasteiger partial charge in [0.05, 0.1) is 0 Å². The molecule has 0 bridgehead atoms. The first-order valence-corrected chi connectivity index (χ1v) is 9.38. The summed E-state index contributed by atoms with van der Waals surface area (Å²) in [5.41, 5.74) is 3.98. The Hall–Kier alpha value is -0.0800. The van der Waals surface area contributed by atoms with E-state index < -0.39 is 5.97 Å². The Morgan fingerprint density at radius 3 is 1.82 bits per heavy atom. The van der Waals surface area contributed by atoms with E-state index in [1.807, 2.05) is 12.4 Å². The molecular weight excluding hydrogens is 610 g/mol. The Bertz CT molecular complexity index is 724. The monoisotopic (exact) mass is 641 g/mol. The van der Waals surface area contributed by atoms with Crippen LogP contribution in [-0.2, 0) is 17.8 Å². The minimum absolute atomic E-state index is 0. The molecule has 1 fully saturated rings. The number of anilines is 1. The first-order chi connectivity index (χ1) is 12.7. The summed E-state index contributed by atoms with van der Waals surface area (Å²) in [6.07, 6.45) is 6.59. The Balaban J connectivity index is -0.000000245. The molecule has 13 heteroatoms. The van der Waals surface area contributed by atoms with Crippen molar-refractivity contribution in [3.05, 3.63) is 59.9 Å². The first kappa shape index (κ1) is 47.2. The normalized spacial score (nSPS) is 11.6. The van der Waals surface area contributed by atoms with Crippen molar-refractivity contribution >= 4 is 111 Å². The summed E-state index contributed by atoms with van der Waals surface area (Å²) >= 11 is 0. The predicted octanol–water partition coefficient (Wildman–Crippen LogP) is 6.58. The maximum absolute atomic E-state index is 10.7. The maximum atomic E-state index is 10.7. The van der Waals surface area contributed by atoms with Gasteiger partial charge >= 0.3 is 5.97 Å². The van der Waals surface area contributed by atoms with Gasteiger partial charge in [-0.05, 0) is 42.5 Å². The van der Waals surface area contributed by atoms with Crippen LogP contribution in [0.4, 0.5) is 5.69 Å². The second-order valence-electron chi connectivity index (χ2n) is 6.84. The molecule has 0 saturated carbocycles. The molecular formula is C21H35Cl8N3O2. The number of pyridine rings is 1. The number of carboxylic acids is 1. The van der Waals surface area contributed by atoms with E-state index in [2.05, 4.69) is 51.2 Å². The summed E-state index contributed by atoms with van der Waals surface area (Å²) in [6.45, 7) is 5.14. The van der Waals surface area contributed by atoms with Crippen molar-refractivity contribution in [2.75, 3.05) is 31.1 Å². The molecule has 1 saturated heterocycles. The molecule has 1 aliphatic heterocycles. The van der Waals surface area contributed by atoms with Crippen LogP contribution in [-0.4, -0.2) is 47.1 Å². The summed E-state index contributed by atoms with van der Waals surface area (Å²) in [4.78, 5) is 19.7. The quantitative estimate of drug-likeness (QED) is 0.329. The summed E-state index contributed by atoms with van der Waals surface area (Å²) in [6, 6.07) is 12.7. The van der Waals surface area contributed by atoms with Gasteiger partial charge in [0.15, 0.2) is 0 Å². The molecule has 5 nitrogen and oxygen atoms in total. The Morgan fingerprint density at radius 2 is 1.29 bits per heavy atom. The third-order valence-electron chi connectivity index (χ3n) is 5.00. The molecule has 1 aromatic heterocycles. The zero-order valence-corrected chi connectivity index (χ0v) is 25.0. The van der Waals surface area contributed by atoms with E-state index in [4.69, 9.17) is 5.11 Å². The van der Waals surface area contributed by atoms with E-state index in [0.29, 0.717) is 0 Å². The topological polar surface area (TPSA) is 56.7 Å². The molecule has 1 aromatic carbocycles. The minimum Gasteiger partial charge on any atom is -0.481 e. The number of piperazine rings is 1. The number of nitrogens with zero attached hydrogens (tertiary/aromatic N) is 3. The molecule has 0 unspecified atom stereocenters. The van der Waals surface area contributed by atoms with Crippen LogP contribution >= 0.6 is 99.3 Å². The van der Waals surface area contributed by atoms with Crippen LogP contribution < -0.4 is 4.90 Å². The maximum Gasteiger partial charge on any atom is 0.303 e. The molecule has 0 amide bonds. The SMILES string of the molecule is Cl.Cl.Cl.Cl.Cl.Cl.Cl.Cl.O=C(O)CCCCc1ccccc1CN1CCN(c2ccncc2)CC1. The third-order valence-corrected chi connectivity index (χ3v) is 5.00. The largest absolute Gasteiger partial charge is 0.481 e. The Labute approximate surface area is 252 Å². The second kappa shape index (κ2) is 26.0. The fourth-order valence-electron chi connectivity index (χ4n) is 3.51. The lowest BCUT2D eigenvalue weighted by molar-refractivity contribution is -0.137. The van der Waals surface area contributed by atoms with Gasteiger partial charge in [-0.15, -0.1) is 99.3 Å². The van der Waals surface area contributed by atoms with Gasteiger partial charge in [-0.1, -0.05) is 24.3 Å². The molecule has 2 heterocycles. The van der Waals surface area contributed by atoms with Gasteiger partial charge < -0.3 is 10.0 Å². The number of aryl methyl sites for hydroxylation is 1. The van der Waals surface area contributed by atoms with Crippen LogP contribution in [0, 0.1) is 0 Å². The fraction of sp³-hybridized carbons (Fsp3) is 0.429. The van der Waals surface area contributed by atoms with E-state index >= 15 is 0 Å². The summed E-state index contributed by atoms with van der Waals surface area (Å²) in [7, 11) is 0. The van der Waals surface area contributed by atoms with E-state index in [1.165, 1.54) is 16.8 Å². The lowest BCUT2D eigenvalue weighted by Crippen LogP contribution is -2.46. The standard InChI is InChI=1S/C21H27N3O2.8ClH/c25-21(26)8-4-3-6-18-5-1-2-7-19(18)17-23-13-15-24(16-14-23)20-9-11-22-12-10-20;;;;;;;;/h1-2,5,7,9-12H,3-4,6,8,13-17H2,(H,25,26);8*1H. The minimum atomic E-state index is -0.703. The number of halogens is 8. The van der Waals surface area contributed by atoms with Crippen LogP contribution in [0.25, 0.3) is 0 Å². The smallest absolute Gasteiger partial charge is 0.303 e. The molecule has 0 spiro atoms. The van der Waals surface area contributed by atoms with Crippen LogP contribution in [0.2, 0.25) is 0 Å². The number of hydrogen-bond donors (Lipinski definition) is 1. The number of carbonyl (C=O) groups is 1. The lowest BCUT2D eigenvalue weighted by atomic mass is 10.0. The van der Waals surface area contributed by atoms with Crippen molar-refractivity contribution in [1.29, 1.82) is 0 Å². The van der Waals surface area contributed by atoms with E-state index in [-0.39, 0.29) is 106 Å². The van der Waals surface area contributed by atoms with E-state index in [1.54, 1.807) is 0 Å². The number of benzene rings is 1. The lowest BCUT2D eigenvalue weighted by Gasteiger charge is -2.36. The molecule has 1 N–H and O–H groups in total. The Morgan fingerprint density at radius 1 is 0.765 bits per heavy atom. The van der Waals surface area contributed by atoms with Gasteiger partial charge in [0.2, 0.25) is 0 Å². The molecule has 3 rings (SSSR count). The van der Waals surface area contributed by atoms with Crippen LogP contribution in [0.1, 0.15) is 30.4 Å².